The van der Waals surface area contributed by atoms with Crippen molar-refractivity contribution in [2.75, 3.05) is 11.9 Å². The van der Waals surface area contributed by atoms with Gasteiger partial charge < -0.3 is 15.4 Å². The molecule has 2 unspecified atom stereocenters. The molecule has 0 spiro atoms. The normalized spacial score (nSPS) is 28.1. The highest BCUT2D eigenvalue weighted by Crippen LogP contribution is 2.32. The maximum absolute atomic E-state index is 11.3. The summed E-state index contributed by atoms with van der Waals surface area (Å²) in [5.74, 6) is 1.66. The number of hydrogen-bond donors (Lipinski definition) is 3. The van der Waals surface area contributed by atoms with Gasteiger partial charge in [-0.2, -0.15) is 0 Å². The van der Waals surface area contributed by atoms with Crippen LogP contribution in [0, 0.1) is 12.8 Å². The van der Waals surface area contributed by atoms with Crippen LogP contribution in [0.2, 0.25) is 0 Å². The first kappa shape index (κ1) is 13.1. The van der Waals surface area contributed by atoms with Gasteiger partial charge in [-0.1, -0.05) is 19.8 Å². The van der Waals surface area contributed by atoms with E-state index in [1.54, 1.807) is 6.92 Å². The molecule has 1 saturated carbocycles. The predicted molar refractivity (Wildman–Crippen MR) is 70.7 cm³/mol. The summed E-state index contributed by atoms with van der Waals surface area (Å²) < 4.78 is 0. The van der Waals surface area contributed by atoms with Gasteiger partial charge in [-0.3, -0.25) is 4.79 Å². The van der Waals surface area contributed by atoms with Crippen LogP contribution in [0.4, 0.5) is 5.82 Å². The summed E-state index contributed by atoms with van der Waals surface area (Å²) in [7, 11) is 0. The number of anilines is 1. The lowest BCUT2D eigenvalue weighted by molar-refractivity contribution is -0.000833. The Labute approximate surface area is 107 Å². The number of nitrogens with zero attached hydrogens (tertiary/aromatic N) is 1. The fourth-order valence-electron chi connectivity index (χ4n) is 2.72. The van der Waals surface area contributed by atoms with Crippen LogP contribution in [0.5, 0.6) is 0 Å². The third-order valence-electron chi connectivity index (χ3n) is 3.53. The number of H-pyrrole nitrogens is 1. The Kier molecular flexibility index (Phi) is 3.71. The lowest BCUT2D eigenvalue weighted by Gasteiger charge is -2.35. The molecule has 100 valence electrons. The highest BCUT2D eigenvalue weighted by molar-refractivity contribution is 5.33. The third kappa shape index (κ3) is 3.32. The van der Waals surface area contributed by atoms with Crippen molar-refractivity contribution in [2.45, 2.75) is 45.1 Å². The van der Waals surface area contributed by atoms with Crippen molar-refractivity contribution in [1.29, 1.82) is 0 Å². The Hall–Kier alpha value is -1.36. The smallest absolute Gasteiger partial charge is 0.252 e. The molecule has 2 atom stereocenters. The molecule has 0 amide bonds. The van der Waals surface area contributed by atoms with Crippen molar-refractivity contribution in [3.8, 4) is 0 Å². The third-order valence-corrected chi connectivity index (χ3v) is 3.53. The molecule has 0 aromatic carbocycles. The van der Waals surface area contributed by atoms with Crippen LogP contribution in [0.15, 0.2) is 10.9 Å². The highest BCUT2D eigenvalue weighted by atomic mass is 16.3. The number of rotatable bonds is 3. The Morgan fingerprint density at radius 2 is 2.44 bits per heavy atom. The van der Waals surface area contributed by atoms with E-state index in [1.165, 1.54) is 12.5 Å². The number of hydrogen-bond acceptors (Lipinski definition) is 4. The molecule has 0 bridgehead atoms. The van der Waals surface area contributed by atoms with Gasteiger partial charge in [0.25, 0.3) is 5.56 Å². The largest absolute Gasteiger partial charge is 0.388 e. The average Bonchev–Trinajstić information content (AvgIpc) is 2.25. The summed E-state index contributed by atoms with van der Waals surface area (Å²) in [5.41, 5.74) is -0.843. The van der Waals surface area contributed by atoms with E-state index in [0.29, 0.717) is 24.1 Å². The second kappa shape index (κ2) is 5.10. The summed E-state index contributed by atoms with van der Waals surface area (Å²) in [5, 5.41) is 13.5. The first-order valence-corrected chi connectivity index (χ1v) is 6.51. The topological polar surface area (TPSA) is 78.0 Å². The highest BCUT2D eigenvalue weighted by Gasteiger charge is 2.32. The number of aromatic amines is 1. The van der Waals surface area contributed by atoms with Crippen LogP contribution in [0.1, 0.15) is 38.4 Å². The van der Waals surface area contributed by atoms with Crippen molar-refractivity contribution in [3.05, 3.63) is 22.2 Å². The Bertz CT molecular complexity index is 472. The van der Waals surface area contributed by atoms with Crippen LogP contribution in [-0.4, -0.2) is 27.2 Å². The van der Waals surface area contributed by atoms with E-state index in [1.807, 2.05) is 0 Å². The molecule has 1 aliphatic rings. The molecule has 1 aromatic rings. The predicted octanol–water partition coefficient (Wildman–Crippen LogP) is 1.43. The number of aromatic nitrogens is 2. The molecular formula is C13H21N3O2. The van der Waals surface area contributed by atoms with Gasteiger partial charge in [0, 0.05) is 12.6 Å². The number of aliphatic hydroxyl groups is 1. The van der Waals surface area contributed by atoms with Crippen molar-refractivity contribution >= 4 is 5.82 Å². The van der Waals surface area contributed by atoms with Crippen LogP contribution in [0.25, 0.3) is 0 Å². The van der Waals surface area contributed by atoms with Crippen molar-refractivity contribution in [1.82, 2.24) is 9.97 Å². The van der Waals surface area contributed by atoms with Gasteiger partial charge in [-0.05, 0) is 25.7 Å². The van der Waals surface area contributed by atoms with Gasteiger partial charge in [0.1, 0.15) is 11.6 Å². The molecule has 1 aliphatic carbocycles. The SMILES string of the molecule is Cc1nc(NCC2(O)CCCC(C)C2)cc(=O)[nH]1. The van der Waals surface area contributed by atoms with Gasteiger partial charge in [0.15, 0.2) is 0 Å². The molecule has 0 saturated heterocycles. The van der Waals surface area contributed by atoms with Gasteiger partial charge in [-0.15, -0.1) is 0 Å². The maximum atomic E-state index is 11.3. The Morgan fingerprint density at radius 1 is 1.67 bits per heavy atom. The van der Waals surface area contributed by atoms with Gasteiger partial charge in [0.05, 0.1) is 5.60 Å². The number of aryl methyl sites for hydroxylation is 1. The second-order valence-corrected chi connectivity index (χ2v) is 5.50. The van der Waals surface area contributed by atoms with Crippen molar-refractivity contribution in [2.24, 2.45) is 5.92 Å². The van der Waals surface area contributed by atoms with E-state index >= 15 is 0 Å². The summed E-state index contributed by atoms with van der Waals surface area (Å²) in [6.07, 6.45) is 3.86. The lowest BCUT2D eigenvalue weighted by atomic mass is 9.79. The van der Waals surface area contributed by atoms with E-state index in [0.717, 1.165) is 19.3 Å². The molecule has 1 heterocycles. The standard InChI is InChI=1S/C13H21N3O2/c1-9-4-3-5-13(18,7-9)8-14-11-6-12(17)16-10(2)15-11/h6,9,18H,3-5,7-8H2,1-2H3,(H2,14,15,16,17). The Balaban J connectivity index is 2.00. The first-order chi connectivity index (χ1) is 8.47. The molecule has 2 rings (SSSR count). The molecule has 1 fully saturated rings. The second-order valence-electron chi connectivity index (χ2n) is 5.50. The minimum absolute atomic E-state index is 0.172. The van der Waals surface area contributed by atoms with Gasteiger partial charge in [-0.25, -0.2) is 4.98 Å². The monoisotopic (exact) mass is 251 g/mol. The first-order valence-electron chi connectivity index (χ1n) is 6.51. The van der Waals surface area contributed by atoms with Crippen LogP contribution in [-0.2, 0) is 0 Å². The molecule has 0 radical (unpaired) electrons. The molecule has 0 aliphatic heterocycles. The fraction of sp³-hybridized carbons (Fsp3) is 0.692. The van der Waals surface area contributed by atoms with Crippen LogP contribution >= 0.6 is 0 Å². The van der Waals surface area contributed by atoms with Gasteiger partial charge >= 0.3 is 0 Å². The van der Waals surface area contributed by atoms with Crippen molar-refractivity contribution in [3.63, 3.8) is 0 Å². The summed E-state index contributed by atoms with van der Waals surface area (Å²) in [4.78, 5) is 18.1. The van der Waals surface area contributed by atoms with E-state index in [4.69, 9.17) is 0 Å². The summed E-state index contributed by atoms with van der Waals surface area (Å²) >= 11 is 0. The zero-order valence-corrected chi connectivity index (χ0v) is 11.0. The molecule has 3 N–H and O–H groups in total. The Morgan fingerprint density at radius 3 is 3.11 bits per heavy atom. The average molecular weight is 251 g/mol. The van der Waals surface area contributed by atoms with E-state index in [-0.39, 0.29) is 5.56 Å². The maximum Gasteiger partial charge on any atom is 0.252 e. The molecule has 1 aromatic heterocycles. The molecule has 5 heteroatoms. The lowest BCUT2D eigenvalue weighted by Crippen LogP contribution is -2.41. The van der Waals surface area contributed by atoms with E-state index in [9.17, 15) is 9.90 Å². The molecule has 5 nitrogen and oxygen atoms in total. The minimum Gasteiger partial charge on any atom is -0.388 e. The quantitative estimate of drug-likeness (QED) is 0.759. The molecular weight excluding hydrogens is 230 g/mol. The summed E-state index contributed by atoms with van der Waals surface area (Å²) in [6, 6.07) is 1.42. The van der Waals surface area contributed by atoms with Crippen LogP contribution < -0.4 is 10.9 Å². The van der Waals surface area contributed by atoms with Crippen LogP contribution in [0.3, 0.4) is 0 Å². The van der Waals surface area contributed by atoms with E-state index < -0.39 is 5.60 Å². The van der Waals surface area contributed by atoms with Crippen molar-refractivity contribution < 1.29 is 5.11 Å². The minimum atomic E-state index is -0.671. The van der Waals surface area contributed by atoms with E-state index in [2.05, 4.69) is 22.2 Å². The van der Waals surface area contributed by atoms with Gasteiger partial charge in [0.2, 0.25) is 0 Å². The summed E-state index contributed by atoms with van der Waals surface area (Å²) in [6.45, 7) is 4.36. The fourth-order valence-corrected chi connectivity index (χ4v) is 2.72. The zero-order chi connectivity index (χ0) is 13.2. The zero-order valence-electron chi connectivity index (χ0n) is 11.0. The number of nitrogens with one attached hydrogen (secondary N) is 2. The molecule has 18 heavy (non-hydrogen) atoms.